The van der Waals surface area contributed by atoms with E-state index in [-0.39, 0.29) is 12.5 Å². The van der Waals surface area contributed by atoms with Crippen LogP contribution < -0.4 is 10.1 Å². The molecular weight excluding hydrogens is 326 g/mol. The molecule has 3 aromatic rings. The summed E-state index contributed by atoms with van der Waals surface area (Å²) in [7, 11) is 0. The normalized spacial score (nSPS) is 10.7. The minimum absolute atomic E-state index is 0.0200. The zero-order valence-corrected chi connectivity index (χ0v) is 15.0. The van der Waals surface area contributed by atoms with E-state index in [4.69, 9.17) is 4.74 Å². The molecule has 2 N–H and O–H groups in total. The number of imidazole rings is 1. The molecule has 5 heteroatoms. The third kappa shape index (κ3) is 4.72. The average molecular weight is 349 g/mol. The summed E-state index contributed by atoms with van der Waals surface area (Å²) >= 11 is 0. The van der Waals surface area contributed by atoms with Gasteiger partial charge in [-0.15, -0.1) is 0 Å². The van der Waals surface area contributed by atoms with E-state index in [2.05, 4.69) is 35.2 Å². The van der Waals surface area contributed by atoms with Gasteiger partial charge in [0.2, 0.25) is 0 Å². The Morgan fingerprint density at radius 1 is 1.15 bits per heavy atom. The predicted molar refractivity (Wildman–Crippen MR) is 102 cm³/mol. The van der Waals surface area contributed by atoms with Crippen molar-refractivity contribution in [3.05, 3.63) is 72.2 Å². The van der Waals surface area contributed by atoms with Gasteiger partial charge in [-0.3, -0.25) is 4.79 Å². The first-order valence-electron chi connectivity index (χ1n) is 8.70. The van der Waals surface area contributed by atoms with Crippen molar-refractivity contribution in [2.45, 2.75) is 26.3 Å². The lowest BCUT2D eigenvalue weighted by molar-refractivity contribution is -0.123. The molecule has 134 valence electrons. The number of H-pyrrole nitrogens is 1. The molecule has 1 aromatic heterocycles. The highest BCUT2D eigenvalue weighted by Crippen LogP contribution is 2.20. The zero-order valence-electron chi connectivity index (χ0n) is 15.0. The Bertz CT molecular complexity index is 856. The fraction of sp³-hybridized carbons (Fsp3) is 0.238. The number of hydrogen-bond donors (Lipinski definition) is 2. The molecule has 0 radical (unpaired) electrons. The lowest BCUT2D eigenvalue weighted by Gasteiger charge is -2.10. The maximum Gasteiger partial charge on any atom is 0.258 e. The van der Waals surface area contributed by atoms with Crippen LogP contribution in [-0.4, -0.2) is 22.5 Å². The van der Waals surface area contributed by atoms with Crippen LogP contribution in [0.3, 0.4) is 0 Å². The number of amides is 1. The third-order valence-corrected chi connectivity index (χ3v) is 4.06. The number of rotatable bonds is 7. The van der Waals surface area contributed by atoms with Crippen molar-refractivity contribution < 1.29 is 9.53 Å². The van der Waals surface area contributed by atoms with Gasteiger partial charge in [-0.1, -0.05) is 56.3 Å². The Hall–Kier alpha value is -3.08. The number of carbonyl (C=O) groups is 1. The largest absolute Gasteiger partial charge is 0.484 e. The second-order valence-corrected chi connectivity index (χ2v) is 6.40. The van der Waals surface area contributed by atoms with Gasteiger partial charge in [0, 0.05) is 0 Å². The Kier molecular flexibility index (Phi) is 5.69. The van der Waals surface area contributed by atoms with Crippen molar-refractivity contribution >= 4 is 5.91 Å². The maximum absolute atomic E-state index is 12.0. The van der Waals surface area contributed by atoms with Crippen molar-refractivity contribution in [1.29, 1.82) is 0 Å². The van der Waals surface area contributed by atoms with E-state index in [1.807, 2.05) is 48.5 Å². The van der Waals surface area contributed by atoms with E-state index in [1.165, 1.54) is 5.56 Å². The van der Waals surface area contributed by atoms with Gasteiger partial charge in [-0.2, -0.15) is 0 Å². The van der Waals surface area contributed by atoms with E-state index in [0.29, 0.717) is 24.0 Å². The second kappa shape index (κ2) is 8.34. The monoisotopic (exact) mass is 349 g/mol. The molecule has 0 aliphatic carbocycles. The summed E-state index contributed by atoms with van der Waals surface area (Å²) in [5.74, 6) is 1.65. The molecule has 0 saturated carbocycles. The van der Waals surface area contributed by atoms with E-state index < -0.39 is 0 Å². The number of aromatic nitrogens is 2. The maximum atomic E-state index is 12.0. The number of hydrogen-bond acceptors (Lipinski definition) is 3. The first kappa shape index (κ1) is 17.7. The lowest BCUT2D eigenvalue weighted by Crippen LogP contribution is -2.28. The molecule has 0 aliphatic rings. The number of aromatic amines is 1. The van der Waals surface area contributed by atoms with Crippen molar-refractivity contribution in [2.24, 2.45) is 0 Å². The standard InChI is InChI=1S/C21H23N3O2/c1-15(2)17-9-6-10-18(11-17)26-14-21(25)23-13-20-22-12-19(24-20)16-7-4-3-5-8-16/h3-12,15H,13-14H2,1-2H3,(H,22,24)(H,23,25). The van der Waals surface area contributed by atoms with Gasteiger partial charge in [0.05, 0.1) is 18.4 Å². The summed E-state index contributed by atoms with van der Waals surface area (Å²) in [5.41, 5.74) is 3.18. The van der Waals surface area contributed by atoms with Crippen LogP contribution >= 0.6 is 0 Å². The fourth-order valence-electron chi connectivity index (χ4n) is 2.56. The van der Waals surface area contributed by atoms with Crippen LogP contribution in [-0.2, 0) is 11.3 Å². The van der Waals surface area contributed by atoms with Crippen LogP contribution in [0.25, 0.3) is 11.3 Å². The van der Waals surface area contributed by atoms with Gasteiger partial charge in [0.25, 0.3) is 5.91 Å². The van der Waals surface area contributed by atoms with Crippen LogP contribution in [0.2, 0.25) is 0 Å². The molecule has 0 aliphatic heterocycles. The molecule has 26 heavy (non-hydrogen) atoms. The molecule has 0 fully saturated rings. The summed E-state index contributed by atoms with van der Waals surface area (Å²) in [6.07, 6.45) is 1.77. The van der Waals surface area contributed by atoms with Crippen molar-refractivity contribution in [1.82, 2.24) is 15.3 Å². The third-order valence-electron chi connectivity index (χ3n) is 4.06. The molecular formula is C21H23N3O2. The first-order chi connectivity index (χ1) is 12.6. The van der Waals surface area contributed by atoms with Crippen LogP contribution in [0.5, 0.6) is 5.75 Å². The van der Waals surface area contributed by atoms with E-state index in [0.717, 1.165) is 11.3 Å². The molecule has 0 atom stereocenters. The van der Waals surface area contributed by atoms with Gasteiger partial charge in [-0.25, -0.2) is 4.98 Å². The van der Waals surface area contributed by atoms with Gasteiger partial charge >= 0.3 is 0 Å². The Morgan fingerprint density at radius 2 is 1.96 bits per heavy atom. The van der Waals surface area contributed by atoms with Gasteiger partial charge in [-0.05, 0) is 29.2 Å². The summed E-state index contributed by atoms with van der Waals surface area (Å²) in [5, 5.41) is 2.81. The molecule has 5 nitrogen and oxygen atoms in total. The van der Waals surface area contributed by atoms with Gasteiger partial charge < -0.3 is 15.0 Å². The summed E-state index contributed by atoms with van der Waals surface area (Å²) in [4.78, 5) is 19.5. The number of ether oxygens (including phenoxy) is 1. The van der Waals surface area contributed by atoms with E-state index in [1.54, 1.807) is 6.20 Å². The molecule has 0 saturated heterocycles. The average Bonchev–Trinajstić information content (AvgIpc) is 3.15. The zero-order chi connectivity index (χ0) is 18.4. The lowest BCUT2D eigenvalue weighted by atomic mass is 10.0. The topological polar surface area (TPSA) is 67.0 Å². The highest BCUT2D eigenvalue weighted by molar-refractivity contribution is 5.77. The minimum atomic E-state index is -0.183. The summed E-state index contributed by atoms with van der Waals surface area (Å²) in [6.45, 7) is 4.56. The van der Waals surface area contributed by atoms with Crippen molar-refractivity contribution in [2.75, 3.05) is 6.61 Å². The predicted octanol–water partition coefficient (Wildman–Crippen LogP) is 3.90. The molecule has 0 spiro atoms. The quantitative estimate of drug-likeness (QED) is 0.680. The van der Waals surface area contributed by atoms with Crippen molar-refractivity contribution in [3.63, 3.8) is 0 Å². The molecule has 3 rings (SSSR count). The molecule has 0 bridgehead atoms. The number of nitrogens with zero attached hydrogens (tertiary/aromatic N) is 1. The van der Waals surface area contributed by atoms with Crippen LogP contribution in [0, 0.1) is 0 Å². The minimum Gasteiger partial charge on any atom is -0.484 e. The number of benzene rings is 2. The van der Waals surface area contributed by atoms with Gasteiger partial charge in [0.1, 0.15) is 11.6 Å². The number of nitrogens with one attached hydrogen (secondary N) is 2. The van der Waals surface area contributed by atoms with Crippen LogP contribution in [0.1, 0.15) is 31.2 Å². The second-order valence-electron chi connectivity index (χ2n) is 6.40. The summed E-state index contributed by atoms with van der Waals surface area (Å²) in [6, 6.07) is 17.8. The molecule has 1 amide bonds. The van der Waals surface area contributed by atoms with E-state index >= 15 is 0 Å². The van der Waals surface area contributed by atoms with Crippen LogP contribution in [0.4, 0.5) is 0 Å². The highest BCUT2D eigenvalue weighted by atomic mass is 16.5. The SMILES string of the molecule is CC(C)c1cccc(OCC(=O)NCc2ncc(-c3ccccc3)[nH]2)c1. The Balaban J connectivity index is 1.49. The summed E-state index contributed by atoms with van der Waals surface area (Å²) < 4.78 is 5.58. The molecule has 0 unspecified atom stereocenters. The first-order valence-corrected chi connectivity index (χ1v) is 8.70. The Morgan fingerprint density at radius 3 is 2.73 bits per heavy atom. The van der Waals surface area contributed by atoms with Gasteiger partial charge in [0.15, 0.2) is 6.61 Å². The number of carbonyl (C=O) groups excluding carboxylic acids is 1. The Labute approximate surface area is 153 Å². The molecule has 2 aromatic carbocycles. The fourth-order valence-corrected chi connectivity index (χ4v) is 2.56. The van der Waals surface area contributed by atoms with Crippen LogP contribution in [0.15, 0.2) is 60.8 Å². The van der Waals surface area contributed by atoms with E-state index in [9.17, 15) is 4.79 Å². The highest BCUT2D eigenvalue weighted by Gasteiger charge is 2.07. The smallest absolute Gasteiger partial charge is 0.258 e. The molecule has 1 heterocycles. The van der Waals surface area contributed by atoms with Crippen molar-refractivity contribution in [3.8, 4) is 17.0 Å².